The SMILES string of the molecule is COc1ccc([C@@H](C)CCCCO)c(C)c1. The van der Waals surface area contributed by atoms with Crippen molar-refractivity contribution in [3.8, 4) is 5.75 Å². The number of rotatable bonds is 6. The molecule has 2 heteroatoms. The monoisotopic (exact) mass is 222 g/mol. The van der Waals surface area contributed by atoms with E-state index in [1.807, 2.05) is 6.07 Å². The van der Waals surface area contributed by atoms with Crippen LogP contribution in [-0.2, 0) is 0 Å². The molecule has 1 N–H and O–H groups in total. The first-order chi connectivity index (χ1) is 7.69. The van der Waals surface area contributed by atoms with E-state index in [9.17, 15) is 0 Å². The maximum absolute atomic E-state index is 8.76. The highest BCUT2D eigenvalue weighted by Gasteiger charge is 2.08. The molecule has 1 atom stereocenters. The zero-order chi connectivity index (χ0) is 12.0. The van der Waals surface area contributed by atoms with Crippen molar-refractivity contribution >= 4 is 0 Å². The molecule has 0 unspecified atom stereocenters. The predicted octanol–water partition coefficient (Wildman–Crippen LogP) is 3.27. The Labute approximate surface area is 98.3 Å². The van der Waals surface area contributed by atoms with Gasteiger partial charge in [-0.15, -0.1) is 0 Å². The topological polar surface area (TPSA) is 29.5 Å². The molecule has 0 aliphatic heterocycles. The van der Waals surface area contributed by atoms with Crippen molar-refractivity contribution in [1.82, 2.24) is 0 Å². The molecule has 0 fully saturated rings. The molecule has 0 aromatic heterocycles. The summed E-state index contributed by atoms with van der Waals surface area (Å²) < 4.78 is 5.20. The number of aryl methyl sites for hydroxylation is 1. The highest BCUT2D eigenvalue weighted by Crippen LogP contribution is 2.27. The third-order valence-corrected chi connectivity index (χ3v) is 3.05. The Hall–Kier alpha value is -1.02. The summed E-state index contributed by atoms with van der Waals surface area (Å²) in [5.74, 6) is 1.47. The highest BCUT2D eigenvalue weighted by atomic mass is 16.5. The van der Waals surface area contributed by atoms with Crippen molar-refractivity contribution < 1.29 is 9.84 Å². The second-order valence-corrected chi connectivity index (χ2v) is 4.34. The molecule has 0 radical (unpaired) electrons. The average Bonchev–Trinajstić information content (AvgIpc) is 2.29. The summed E-state index contributed by atoms with van der Waals surface area (Å²) in [5, 5.41) is 8.76. The van der Waals surface area contributed by atoms with Gasteiger partial charge in [0.2, 0.25) is 0 Å². The number of hydrogen-bond acceptors (Lipinski definition) is 2. The molecule has 0 heterocycles. The summed E-state index contributed by atoms with van der Waals surface area (Å²) >= 11 is 0. The molecule has 0 bridgehead atoms. The molecule has 0 aliphatic rings. The third kappa shape index (κ3) is 3.53. The van der Waals surface area contributed by atoms with Crippen LogP contribution in [0.3, 0.4) is 0 Å². The quantitative estimate of drug-likeness (QED) is 0.748. The van der Waals surface area contributed by atoms with Gasteiger partial charge >= 0.3 is 0 Å². The third-order valence-electron chi connectivity index (χ3n) is 3.05. The lowest BCUT2D eigenvalue weighted by molar-refractivity contribution is 0.281. The summed E-state index contributed by atoms with van der Waals surface area (Å²) in [5.41, 5.74) is 2.68. The Balaban J connectivity index is 2.64. The summed E-state index contributed by atoms with van der Waals surface area (Å²) in [6, 6.07) is 6.25. The summed E-state index contributed by atoms with van der Waals surface area (Å²) in [7, 11) is 1.69. The number of aliphatic hydroxyl groups excluding tert-OH is 1. The van der Waals surface area contributed by atoms with E-state index in [1.165, 1.54) is 11.1 Å². The Kier molecular flexibility index (Phi) is 5.33. The first-order valence-corrected chi connectivity index (χ1v) is 5.94. The van der Waals surface area contributed by atoms with Crippen molar-refractivity contribution in [1.29, 1.82) is 0 Å². The second kappa shape index (κ2) is 6.54. The first-order valence-electron chi connectivity index (χ1n) is 5.94. The Morgan fingerprint density at radius 1 is 1.31 bits per heavy atom. The minimum absolute atomic E-state index is 0.300. The van der Waals surface area contributed by atoms with Gasteiger partial charge in [-0.05, 0) is 48.9 Å². The Morgan fingerprint density at radius 2 is 2.06 bits per heavy atom. The fourth-order valence-electron chi connectivity index (χ4n) is 2.05. The van der Waals surface area contributed by atoms with Gasteiger partial charge in [-0.3, -0.25) is 0 Å². The molecule has 16 heavy (non-hydrogen) atoms. The van der Waals surface area contributed by atoms with Crippen LogP contribution < -0.4 is 4.74 Å². The standard InChI is InChI=1S/C14H22O2/c1-11(6-4-5-9-15)14-8-7-13(16-3)10-12(14)2/h7-8,10-11,15H,4-6,9H2,1-3H3/t11-/m0/s1. The number of hydrogen-bond donors (Lipinski definition) is 1. The van der Waals surface area contributed by atoms with Crippen molar-refractivity contribution in [3.05, 3.63) is 29.3 Å². The van der Waals surface area contributed by atoms with Gasteiger partial charge in [0, 0.05) is 6.61 Å². The maximum Gasteiger partial charge on any atom is 0.119 e. The number of unbranched alkanes of at least 4 members (excludes halogenated alkanes) is 1. The smallest absolute Gasteiger partial charge is 0.119 e. The number of ether oxygens (including phenoxy) is 1. The van der Waals surface area contributed by atoms with Gasteiger partial charge in [-0.1, -0.05) is 19.4 Å². The number of benzene rings is 1. The molecule has 0 saturated heterocycles. The second-order valence-electron chi connectivity index (χ2n) is 4.34. The van der Waals surface area contributed by atoms with E-state index < -0.39 is 0 Å². The zero-order valence-corrected chi connectivity index (χ0v) is 10.5. The molecule has 0 aliphatic carbocycles. The van der Waals surface area contributed by atoms with Gasteiger partial charge in [-0.2, -0.15) is 0 Å². The van der Waals surface area contributed by atoms with Crippen molar-refractivity contribution in [3.63, 3.8) is 0 Å². The van der Waals surface area contributed by atoms with E-state index in [-0.39, 0.29) is 0 Å². The van der Waals surface area contributed by atoms with Crippen LogP contribution in [0.2, 0.25) is 0 Å². The van der Waals surface area contributed by atoms with Gasteiger partial charge in [0.15, 0.2) is 0 Å². The lowest BCUT2D eigenvalue weighted by Crippen LogP contribution is -1.98. The van der Waals surface area contributed by atoms with Gasteiger partial charge in [0.1, 0.15) is 5.75 Å². The van der Waals surface area contributed by atoms with E-state index in [4.69, 9.17) is 9.84 Å². The van der Waals surface area contributed by atoms with Crippen LogP contribution in [0.4, 0.5) is 0 Å². The molecule has 0 spiro atoms. The molecule has 0 saturated carbocycles. The summed E-state index contributed by atoms with van der Waals surface area (Å²) in [6.45, 7) is 4.67. The summed E-state index contributed by atoms with van der Waals surface area (Å²) in [6.07, 6.45) is 3.12. The van der Waals surface area contributed by atoms with Crippen LogP contribution in [0.1, 0.15) is 43.2 Å². The van der Waals surface area contributed by atoms with Crippen LogP contribution in [0, 0.1) is 6.92 Å². The maximum atomic E-state index is 8.76. The highest BCUT2D eigenvalue weighted by molar-refractivity contribution is 5.36. The molecule has 0 amide bonds. The number of methoxy groups -OCH3 is 1. The Morgan fingerprint density at radius 3 is 2.62 bits per heavy atom. The molecular formula is C14H22O2. The molecule has 1 aromatic carbocycles. The zero-order valence-electron chi connectivity index (χ0n) is 10.5. The lowest BCUT2D eigenvalue weighted by Gasteiger charge is -2.15. The van der Waals surface area contributed by atoms with Crippen LogP contribution in [0.5, 0.6) is 5.75 Å². The van der Waals surface area contributed by atoms with Gasteiger partial charge < -0.3 is 9.84 Å². The largest absolute Gasteiger partial charge is 0.497 e. The molecule has 1 aromatic rings. The average molecular weight is 222 g/mol. The number of aliphatic hydroxyl groups is 1. The van der Waals surface area contributed by atoms with Crippen molar-refractivity contribution in [2.24, 2.45) is 0 Å². The molecule has 90 valence electrons. The van der Waals surface area contributed by atoms with Gasteiger partial charge in [0.05, 0.1) is 7.11 Å². The molecular weight excluding hydrogens is 200 g/mol. The van der Waals surface area contributed by atoms with Gasteiger partial charge in [-0.25, -0.2) is 0 Å². The summed E-state index contributed by atoms with van der Waals surface area (Å²) in [4.78, 5) is 0. The van der Waals surface area contributed by atoms with Crippen LogP contribution >= 0.6 is 0 Å². The lowest BCUT2D eigenvalue weighted by atomic mass is 9.92. The normalized spacial score (nSPS) is 12.5. The van der Waals surface area contributed by atoms with E-state index >= 15 is 0 Å². The van der Waals surface area contributed by atoms with E-state index in [0.29, 0.717) is 12.5 Å². The van der Waals surface area contributed by atoms with E-state index in [2.05, 4.69) is 26.0 Å². The van der Waals surface area contributed by atoms with Crippen molar-refractivity contribution in [2.45, 2.75) is 39.0 Å². The van der Waals surface area contributed by atoms with E-state index in [0.717, 1.165) is 25.0 Å². The van der Waals surface area contributed by atoms with Gasteiger partial charge in [0.25, 0.3) is 0 Å². The fraction of sp³-hybridized carbons (Fsp3) is 0.571. The molecule has 1 rings (SSSR count). The molecule has 2 nitrogen and oxygen atoms in total. The van der Waals surface area contributed by atoms with Crippen LogP contribution in [0.25, 0.3) is 0 Å². The van der Waals surface area contributed by atoms with Crippen LogP contribution in [0.15, 0.2) is 18.2 Å². The van der Waals surface area contributed by atoms with Crippen molar-refractivity contribution in [2.75, 3.05) is 13.7 Å². The first kappa shape index (κ1) is 13.0. The minimum atomic E-state index is 0.300. The fourth-order valence-corrected chi connectivity index (χ4v) is 2.05. The van der Waals surface area contributed by atoms with Crippen LogP contribution in [-0.4, -0.2) is 18.8 Å². The minimum Gasteiger partial charge on any atom is -0.497 e. The van der Waals surface area contributed by atoms with E-state index in [1.54, 1.807) is 7.11 Å². The Bertz CT molecular complexity index is 321. The predicted molar refractivity (Wildman–Crippen MR) is 67.1 cm³/mol.